The first kappa shape index (κ1) is 11.2. The number of benzene rings is 1. The Kier molecular flexibility index (Phi) is 3.28. The van der Waals surface area contributed by atoms with E-state index < -0.39 is 0 Å². The number of rotatable bonds is 2. The van der Waals surface area contributed by atoms with Crippen molar-refractivity contribution in [1.82, 2.24) is 0 Å². The highest BCUT2D eigenvalue weighted by Crippen LogP contribution is 2.26. The minimum absolute atomic E-state index is 0.645. The van der Waals surface area contributed by atoms with Gasteiger partial charge < -0.3 is 0 Å². The summed E-state index contributed by atoms with van der Waals surface area (Å²) in [7, 11) is 0. The maximum Gasteiger partial charge on any atom is -0.0125 e. The van der Waals surface area contributed by atoms with Crippen LogP contribution in [0.5, 0.6) is 0 Å². The summed E-state index contributed by atoms with van der Waals surface area (Å²) in [4.78, 5) is 0. The van der Waals surface area contributed by atoms with Crippen molar-refractivity contribution < 1.29 is 0 Å². The molecule has 0 radical (unpaired) electrons. The predicted molar refractivity (Wildman–Crippen MR) is 70.6 cm³/mol. The number of hydrogen-bond donors (Lipinski definition) is 0. The molecule has 1 aromatic carbocycles. The van der Waals surface area contributed by atoms with E-state index in [4.69, 9.17) is 0 Å². The molecule has 0 spiro atoms. The van der Waals surface area contributed by atoms with Crippen molar-refractivity contribution in [2.75, 3.05) is 0 Å². The van der Waals surface area contributed by atoms with Gasteiger partial charge >= 0.3 is 0 Å². The van der Waals surface area contributed by atoms with Gasteiger partial charge in [0.1, 0.15) is 0 Å². The summed E-state index contributed by atoms with van der Waals surface area (Å²) in [5.74, 6) is 0.645. The monoisotopic (exact) mass is 212 g/mol. The molecule has 2 rings (SSSR count). The molecule has 1 aliphatic rings. The third-order valence-corrected chi connectivity index (χ3v) is 3.59. The fourth-order valence-corrected chi connectivity index (χ4v) is 2.30. The van der Waals surface area contributed by atoms with Gasteiger partial charge in [-0.05, 0) is 55.7 Å². The highest BCUT2D eigenvalue weighted by molar-refractivity contribution is 5.32. The zero-order chi connectivity index (χ0) is 11.5. The van der Waals surface area contributed by atoms with E-state index in [9.17, 15) is 0 Å². The Bertz CT molecular complexity index is 424. The first-order valence-corrected chi connectivity index (χ1v) is 6.08. The van der Waals surface area contributed by atoms with Crippen LogP contribution >= 0.6 is 0 Å². The highest BCUT2D eigenvalue weighted by Gasteiger charge is 2.14. The third kappa shape index (κ3) is 2.44. The minimum Gasteiger partial charge on any atom is -0.0955 e. The van der Waals surface area contributed by atoms with Crippen LogP contribution in [0.4, 0.5) is 0 Å². The summed E-state index contributed by atoms with van der Waals surface area (Å²) in [6.45, 7) is 8.50. The van der Waals surface area contributed by atoms with Crippen LogP contribution in [0.1, 0.15) is 29.5 Å². The standard InChI is InChI=1S/C16H20/c1-12-8-9-15(10-14(12)3)11-16-7-5-4-6-13(16)2/h4,6,8-10,16H,2,5,7,11H2,1,3H3. The Morgan fingerprint density at radius 3 is 2.75 bits per heavy atom. The lowest BCUT2D eigenvalue weighted by Crippen LogP contribution is -2.09. The molecule has 0 amide bonds. The van der Waals surface area contributed by atoms with Crippen molar-refractivity contribution in [3.63, 3.8) is 0 Å². The average Bonchev–Trinajstić information content (AvgIpc) is 2.27. The molecule has 16 heavy (non-hydrogen) atoms. The van der Waals surface area contributed by atoms with E-state index in [0.717, 1.165) is 6.42 Å². The van der Waals surface area contributed by atoms with E-state index in [1.54, 1.807) is 0 Å². The second-order valence-electron chi connectivity index (χ2n) is 4.87. The van der Waals surface area contributed by atoms with Gasteiger partial charge in [-0.15, -0.1) is 0 Å². The lowest BCUT2D eigenvalue weighted by Gasteiger charge is -2.20. The van der Waals surface area contributed by atoms with Crippen LogP contribution in [0.25, 0.3) is 0 Å². The molecule has 0 heteroatoms. The van der Waals surface area contributed by atoms with E-state index in [1.165, 1.54) is 35.1 Å². The predicted octanol–water partition coefficient (Wildman–Crippen LogP) is 4.37. The maximum atomic E-state index is 4.14. The topological polar surface area (TPSA) is 0 Å². The van der Waals surface area contributed by atoms with Crippen molar-refractivity contribution in [3.05, 3.63) is 59.2 Å². The van der Waals surface area contributed by atoms with Crippen LogP contribution < -0.4 is 0 Å². The molecule has 0 heterocycles. The van der Waals surface area contributed by atoms with Gasteiger partial charge in [0.2, 0.25) is 0 Å². The second kappa shape index (κ2) is 4.69. The summed E-state index contributed by atoms with van der Waals surface area (Å²) in [6.07, 6.45) is 8.02. The molecular weight excluding hydrogens is 192 g/mol. The molecule has 0 saturated heterocycles. The zero-order valence-electron chi connectivity index (χ0n) is 10.3. The fourth-order valence-electron chi connectivity index (χ4n) is 2.30. The molecular formula is C16H20. The van der Waals surface area contributed by atoms with E-state index in [-0.39, 0.29) is 0 Å². The molecule has 84 valence electrons. The number of allylic oxidation sites excluding steroid dienone is 3. The summed E-state index contributed by atoms with van der Waals surface area (Å²) in [6, 6.07) is 6.81. The van der Waals surface area contributed by atoms with Crippen LogP contribution in [-0.2, 0) is 6.42 Å². The van der Waals surface area contributed by atoms with Gasteiger partial charge in [0.15, 0.2) is 0 Å². The van der Waals surface area contributed by atoms with Gasteiger partial charge in [-0.25, -0.2) is 0 Å². The molecule has 0 bridgehead atoms. The Morgan fingerprint density at radius 2 is 2.06 bits per heavy atom. The molecule has 1 aliphatic carbocycles. The highest BCUT2D eigenvalue weighted by atomic mass is 14.2. The first-order chi connectivity index (χ1) is 7.66. The first-order valence-electron chi connectivity index (χ1n) is 6.08. The molecule has 0 fully saturated rings. The SMILES string of the molecule is C=C1C=CCCC1Cc1ccc(C)c(C)c1. The van der Waals surface area contributed by atoms with Crippen LogP contribution in [0.3, 0.4) is 0 Å². The van der Waals surface area contributed by atoms with E-state index in [0.29, 0.717) is 5.92 Å². The van der Waals surface area contributed by atoms with Crippen molar-refractivity contribution >= 4 is 0 Å². The van der Waals surface area contributed by atoms with Gasteiger partial charge in [-0.3, -0.25) is 0 Å². The fraction of sp³-hybridized carbons (Fsp3) is 0.375. The number of hydrogen-bond acceptors (Lipinski definition) is 0. The quantitative estimate of drug-likeness (QED) is 0.683. The van der Waals surface area contributed by atoms with Gasteiger partial charge in [0.25, 0.3) is 0 Å². The Balaban J connectivity index is 2.11. The van der Waals surface area contributed by atoms with Crippen LogP contribution in [0.15, 0.2) is 42.5 Å². The molecule has 0 aromatic heterocycles. The molecule has 0 aliphatic heterocycles. The van der Waals surface area contributed by atoms with Crippen molar-refractivity contribution in [3.8, 4) is 0 Å². The minimum atomic E-state index is 0.645. The number of aryl methyl sites for hydroxylation is 2. The summed E-state index contributed by atoms with van der Waals surface area (Å²) in [5, 5.41) is 0. The van der Waals surface area contributed by atoms with E-state index in [2.05, 4.69) is 50.8 Å². The summed E-state index contributed by atoms with van der Waals surface area (Å²) < 4.78 is 0. The smallest absolute Gasteiger partial charge is 0.0125 e. The average molecular weight is 212 g/mol. The molecule has 1 atom stereocenters. The van der Waals surface area contributed by atoms with Crippen LogP contribution in [0.2, 0.25) is 0 Å². The summed E-state index contributed by atoms with van der Waals surface area (Å²) in [5.41, 5.74) is 5.52. The van der Waals surface area contributed by atoms with E-state index >= 15 is 0 Å². The third-order valence-electron chi connectivity index (χ3n) is 3.59. The molecule has 1 aromatic rings. The molecule has 1 unspecified atom stereocenters. The lowest BCUT2D eigenvalue weighted by atomic mass is 9.85. The van der Waals surface area contributed by atoms with Crippen LogP contribution in [0, 0.1) is 19.8 Å². The second-order valence-corrected chi connectivity index (χ2v) is 4.87. The summed E-state index contributed by atoms with van der Waals surface area (Å²) >= 11 is 0. The van der Waals surface area contributed by atoms with Gasteiger partial charge in [-0.2, -0.15) is 0 Å². The van der Waals surface area contributed by atoms with Crippen LogP contribution in [-0.4, -0.2) is 0 Å². The zero-order valence-corrected chi connectivity index (χ0v) is 10.3. The van der Waals surface area contributed by atoms with Gasteiger partial charge in [-0.1, -0.05) is 42.5 Å². The molecule has 0 saturated carbocycles. The molecule has 0 N–H and O–H groups in total. The van der Waals surface area contributed by atoms with Gasteiger partial charge in [0.05, 0.1) is 0 Å². The van der Waals surface area contributed by atoms with Crippen molar-refractivity contribution in [2.45, 2.75) is 33.1 Å². The van der Waals surface area contributed by atoms with Gasteiger partial charge in [0, 0.05) is 0 Å². The van der Waals surface area contributed by atoms with E-state index in [1.807, 2.05) is 0 Å². The van der Waals surface area contributed by atoms with Crippen molar-refractivity contribution in [2.24, 2.45) is 5.92 Å². The van der Waals surface area contributed by atoms with Crippen molar-refractivity contribution in [1.29, 1.82) is 0 Å². The Hall–Kier alpha value is -1.30. The Labute approximate surface area is 98.7 Å². The Morgan fingerprint density at radius 1 is 1.25 bits per heavy atom. The normalized spacial score (nSPS) is 20.1. The lowest BCUT2D eigenvalue weighted by molar-refractivity contribution is 0.561. The largest absolute Gasteiger partial charge is 0.0955 e. The maximum absolute atomic E-state index is 4.14. The molecule has 0 nitrogen and oxygen atoms in total.